The maximum Gasteiger partial charge on any atom is 0.411 e. The Morgan fingerprint density at radius 3 is 2.80 bits per heavy atom. The fourth-order valence-electron chi connectivity index (χ4n) is 3.68. The Hall–Kier alpha value is -1.66. The van der Waals surface area contributed by atoms with Gasteiger partial charge in [0.1, 0.15) is 11.4 Å². The molecule has 1 aromatic rings. The minimum Gasteiger partial charge on any atom is -0.444 e. The number of aliphatic hydroxyl groups is 1. The predicted octanol–water partition coefficient (Wildman–Crippen LogP) is 3.20. The van der Waals surface area contributed by atoms with E-state index in [0.717, 1.165) is 11.1 Å². The molecule has 1 N–H and O–H groups in total. The lowest BCUT2D eigenvalue weighted by molar-refractivity contribution is -0.0683. The molecule has 1 saturated heterocycles. The molecule has 5 nitrogen and oxygen atoms in total. The number of benzene rings is 1. The number of nitrogens with zero attached hydrogens (tertiary/aromatic N) is 1. The van der Waals surface area contributed by atoms with Crippen molar-refractivity contribution in [3.63, 3.8) is 0 Å². The molecule has 0 aromatic heterocycles. The monoisotopic (exact) mass is 351 g/mol. The van der Waals surface area contributed by atoms with Crippen molar-refractivity contribution < 1.29 is 23.8 Å². The van der Waals surface area contributed by atoms with Gasteiger partial charge in [0.2, 0.25) is 0 Å². The second-order valence-corrected chi connectivity index (χ2v) is 7.87. The van der Waals surface area contributed by atoms with E-state index >= 15 is 0 Å². The van der Waals surface area contributed by atoms with Gasteiger partial charge in [0.25, 0.3) is 0 Å². The SMILES string of the molecule is CC(C)(C)OC(=O)N(C1COCC(O)C1)[C@@H]1CCc2cc(F)ccc21. The molecule has 1 aromatic carbocycles. The molecule has 2 unspecified atom stereocenters. The highest BCUT2D eigenvalue weighted by molar-refractivity contribution is 5.70. The molecule has 0 radical (unpaired) electrons. The van der Waals surface area contributed by atoms with E-state index in [2.05, 4.69) is 0 Å². The second kappa shape index (κ2) is 6.92. The van der Waals surface area contributed by atoms with Gasteiger partial charge < -0.3 is 14.6 Å². The predicted molar refractivity (Wildman–Crippen MR) is 90.8 cm³/mol. The zero-order valence-electron chi connectivity index (χ0n) is 15.0. The largest absolute Gasteiger partial charge is 0.444 e. The topological polar surface area (TPSA) is 59.0 Å². The maximum absolute atomic E-state index is 13.5. The van der Waals surface area contributed by atoms with Crippen LogP contribution < -0.4 is 0 Å². The molecule has 138 valence electrons. The molecule has 1 fully saturated rings. The molecular formula is C19H26FNO4. The van der Waals surface area contributed by atoms with E-state index in [9.17, 15) is 14.3 Å². The van der Waals surface area contributed by atoms with Gasteiger partial charge in [0.15, 0.2) is 0 Å². The molecule has 1 aliphatic heterocycles. The molecule has 0 bridgehead atoms. The third-order valence-electron chi connectivity index (χ3n) is 4.65. The molecule has 0 saturated carbocycles. The molecule has 0 spiro atoms. The van der Waals surface area contributed by atoms with Crippen LogP contribution in [-0.2, 0) is 15.9 Å². The molecule has 3 rings (SSSR count). The fourth-order valence-corrected chi connectivity index (χ4v) is 3.68. The van der Waals surface area contributed by atoms with E-state index < -0.39 is 17.8 Å². The van der Waals surface area contributed by atoms with Crippen LogP contribution in [0.2, 0.25) is 0 Å². The summed E-state index contributed by atoms with van der Waals surface area (Å²) in [6.07, 6.45) is 0.861. The number of carbonyl (C=O) groups is 1. The number of rotatable bonds is 2. The van der Waals surface area contributed by atoms with Crippen molar-refractivity contribution in [1.82, 2.24) is 4.90 Å². The van der Waals surface area contributed by atoms with E-state index in [1.54, 1.807) is 11.0 Å². The third kappa shape index (κ3) is 4.12. The number of hydrogen-bond acceptors (Lipinski definition) is 4. The number of ether oxygens (including phenoxy) is 2. The van der Waals surface area contributed by atoms with Crippen LogP contribution in [0.15, 0.2) is 18.2 Å². The van der Waals surface area contributed by atoms with Crippen molar-refractivity contribution in [2.45, 2.75) is 63.8 Å². The zero-order chi connectivity index (χ0) is 18.2. The highest BCUT2D eigenvalue weighted by Crippen LogP contribution is 2.39. The first kappa shape index (κ1) is 18.1. The van der Waals surface area contributed by atoms with Crippen molar-refractivity contribution in [2.24, 2.45) is 0 Å². The molecule has 1 heterocycles. The zero-order valence-corrected chi connectivity index (χ0v) is 15.0. The minimum atomic E-state index is -0.617. The lowest BCUT2D eigenvalue weighted by Gasteiger charge is -2.40. The van der Waals surface area contributed by atoms with Gasteiger partial charge in [-0.3, -0.25) is 4.90 Å². The van der Waals surface area contributed by atoms with Crippen molar-refractivity contribution in [2.75, 3.05) is 13.2 Å². The van der Waals surface area contributed by atoms with Crippen LogP contribution in [0.3, 0.4) is 0 Å². The summed E-state index contributed by atoms with van der Waals surface area (Å²) in [5, 5.41) is 9.96. The molecule has 2 aliphatic rings. The number of fused-ring (bicyclic) bond motifs is 1. The van der Waals surface area contributed by atoms with Crippen molar-refractivity contribution in [3.8, 4) is 0 Å². The van der Waals surface area contributed by atoms with Crippen molar-refractivity contribution in [3.05, 3.63) is 35.1 Å². The van der Waals surface area contributed by atoms with Crippen LogP contribution >= 0.6 is 0 Å². The maximum atomic E-state index is 13.5. The van der Waals surface area contributed by atoms with Gasteiger partial charge >= 0.3 is 6.09 Å². The molecule has 3 atom stereocenters. The summed E-state index contributed by atoms with van der Waals surface area (Å²) in [6.45, 7) is 6.13. The Bertz CT molecular complexity index is 643. The minimum absolute atomic E-state index is 0.190. The van der Waals surface area contributed by atoms with Gasteiger partial charge in [-0.05, 0) is 63.3 Å². The molecule has 6 heteroatoms. The van der Waals surface area contributed by atoms with Gasteiger partial charge in [-0.15, -0.1) is 0 Å². The third-order valence-corrected chi connectivity index (χ3v) is 4.65. The van der Waals surface area contributed by atoms with Gasteiger partial charge in [-0.2, -0.15) is 0 Å². The highest BCUT2D eigenvalue weighted by atomic mass is 19.1. The van der Waals surface area contributed by atoms with Crippen LogP contribution in [0.5, 0.6) is 0 Å². The van der Waals surface area contributed by atoms with E-state index in [4.69, 9.17) is 9.47 Å². The van der Waals surface area contributed by atoms with Gasteiger partial charge in [-0.25, -0.2) is 9.18 Å². The Labute approximate surface area is 147 Å². The van der Waals surface area contributed by atoms with E-state index in [-0.39, 0.29) is 24.5 Å². The van der Waals surface area contributed by atoms with E-state index in [0.29, 0.717) is 25.9 Å². The van der Waals surface area contributed by atoms with E-state index in [1.807, 2.05) is 20.8 Å². The van der Waals surface area contributed by atoms with Gasteiger partial charge in [0, 0.05) is 0 Å². The Morgan fingerprint density at radius 1 is 1.36 bits per heavy atom. The number of carbonyl (C=O) groups excluding carboxylic acids is 1. The molecule has 1 amide bonds. The van der Waals surface area contributed by atoms with Gasteiger partial charge in [-0.1, -0.05) is 6.07 Å². The second-order valence-electron chi connectivity index (χ2n) is 7.87. The Balaban J connectivity index is 1.90. The Morgan fingerprint density at radius 2 is 2.12 bits per heavy atom. The average Bonchev–Trinajstić information content (AvgIpc) is 2.88. The Kier molecular flexibility index (Phi) is 5.02. The van der Waals surface area contributed by atoms with E-state index in [1.165, 1.54) is 12.1 Å². The van der Waals surface area contributed by atoms with Crippen LogP contribution in [0.1, 0.15) is 50.8 Å². The van der Waals surface area contributed by atoms with Crippen molar-refractivity contribution >= 4 is 6.09 Å². The first-order valence-corrected chi connectivity index (χ1v) is 8.80. The van der Waals surface area contributed by atoms with Crippen molar-refractivity contribution in [1.29, 1.82) is 0 Å². The first-order valence-electron chi connectivity index (χ1n) is 8.80. The number of hydrogen-bond donors (Lipinski definition) is 1. The summed E-state index contributed by atoms with van der Waals surface area (Å²) in [5.41, 5.74) is 1.26. The summed E-state index contributed by atoms with van der Waals surface area (Å²) >= 11 is 0. The molecular weight excluding hydrogens is 325 g/mol. The number of aliphatic hydroxyl groups excluding tert-OH is 1. The summed E-state index contributed by atoms with van der Waals surface area (Å²) in [5.74, 6) is -0.264. The fraction of sp³-hybridized carbons (Fsp3) is 0.632. The number of halogens is 1. The first-order chi connectivity index (χ1) is 11.7. The summed E-state index contributed by atoms with van der Waals surface area (Å²) in [7, 11) is 0. The van der Waals surface area contributed by atoms with Gasteiger partial charge in [0.05, 0.1) is 31.4 Å². The average molecular weight is 351 g/mol. The number of amides is 1. The molecule has 1 aliphatic carbocycles. The van der Waals surface area contributed by atoms with Crippen LogP contribution in [0, 0.1) is 5.82 Å². The number of aryl methyl sites for hydroxylation is 1. The normalized spacial score (nSPS) is 26.2. The van der Waals surface area contributed by atoms with Crippen LogP contribution in [0.25, 0.3) is 0 Å². The smallest absolute Gasteiger partial charge is 0.411 e. The summed E-state index contributed by atoms with van der Waals surface area (Å²) in [4.78, 5) is 14.6. The quantitative estimate of drug-likeness (QED) is 0.889. The lowest BCUT2D eigenvalue weighted by atomic mass is 10.0. The molecule has 25 heavy (non-hydrogen) atoms. The lowest BCUT2D eigenvalue weighted by Crippen LogP contribution is -2.50. The van der Waals surface area contributed by atoms with Crippen LogP contribution in [-0.4, -0.2) is 47.1 Å². The summed E-state index contributed by atoms with van der Waals surface area (Å²) in [6, 6.07) is 4.26. The highest BCUT2D eigenvalue weighted by Gasteiger charge is 2.40. The summed E-state index contributed by atoms with van der Waals surface area (Å²) < 4.78 is 24.6. The standard InChI is InChI=1S/C19H26FNO4/c1-19(2,3)25-18(23)21(14-9-15(22)11-24-10-14)17-7-4-12-8-13(20)5-6-16(12)17/h5-6,8,14-15,17,22H,4,7,9-11H2,1-3H3/t14?,15?,17-/m1/s1. The van der Waals surface area contributed by atoms with Crippen LogP contribution in [0.4, 0.5) is 9.18 Å².